The van der Waals surface area contributed by atoms with Gasteiger partial charge in [0.15, 0.2) is 0 Å². The molecule has 0 aliphatic rings. The van der Waals surface area contributed by atoms with E-state index in [1.165, 1.54) is 0 Å². The molecule has 0 aliphatic heterocycles. The molecular weight excluding hydrogens is 358 g/mol. The summed E-state index contributed by atoms with van der Waals surface area (Å²) in [6.45, 7) is 0.107. The predicted octanol–water partition coefficient (Wildman–Crippen LogP) is -1.12. The van der Waals surface area contributed by atoms with Crippen LogP contribution >= 0.6 is 11.6 Å². The molecule has 0 saturated heterocycles. The Kier molecular flexibility index (Phi) is 9.55. The molecular formula is C13H16ClF4N3O3. The molecule has 0 atom stereocenters. The van der Waals surface area contributed by atoms with Crippen molar-refractivity contribution in [3.05, 3.63) is 28.8 Å². The molecule has 0 radical (unpaired) electrons. The summed E-state index contributed by atoms with van der Waals surface area (Å²) in [7, 11) is 0. The zero-order chi connectivity index (χ0) is 18.8. The molecule has 0 amide bonds. The van der Waals surface area contributed by atoms with Crippen LogP contribution in [0.4, 0.5) is 17.6 Å². The van der Waals surface area contributed by atoms with E-state index in [1.807, 2.05) is 6.07 Å². The van der Waals surface area contributed by atoms with Crippen LogP contribution < -0.4 is 26.3 Å². The van der Waals surface area contributed by atoms with Crippen LogP contribution in [0.2, 0.25) is 5.02 Å². The molecule has 0 fully saturated rings. The minimum atomic E-state index is -5.19. The molecule has 0 heterocycles. The van der Waals surface area contributed by atoms with Gasteiger partial charge in [-0.1, -0.05) is 17.7 Å². The normalized spacial score (nSPS) is 10.4. The highest BCUT2D eigenvalue weighted by molar-refractivity contribution is 6.32. The summed E-state index contributed by atoms with van der Waals surface area (Å²) in [5.74, 6) is -2.32. The monoisotopic (exact) mass is 373 g/mol. The summed E-state index contributed by atoms with van der Waals surface area (Å²) in [4.78, 5) is 11.6. The third-order valence-corrected chi connectivity index (χ3v) is 2.60. The first-order valence-electron chi connectivity index (χ1n) is 6.45. The molecule has 0 bridgehead atoms. The first-order chi connectivity index (χ1) is 11.1. The van der Waals surface area contributed by atoms with Gasteiger partial charge in [0.05, 0.1) is 11.6 Å². The van der Waals surface area contributed by atoms with Gasteiger partial charge in [-0.05, 0) is 17.7 Å². The average Bonchev–Trinajstić information content (AvgIpc) is 2.45. The maximum atomic E-state index is 11.9. The van der Waals surface area contributed by atoms with Crippen LogP contribution in [0.15, 0.2) is 18.2 Å². The molecule has 0 aliphatic carbocycles. The molecule has 0 spiro atoms. The summed E-state index contributed by atoms with van der Waals surface area (Å²) >= 11 is 5.98. The van der Waals surface area contributed by atoms with Crippen LogP contribution in [-0.2, 0) is 11.2 Å². The highest BCUT2D eigenvalue weighted by Gasteiger charge is 2.28. The van der Waals surface area contributed by atoms with Gasteiger partial charge in [0, 0.05) is 6.42 Å². The number of hydrogen-bond donors (Lipinski definition) is 3. The van der Waals surface area contributed by atoms with Crippen molar-refractivity contribution in [2.45, 2.75) is 12.6 Å². The Morgan fingerprint density at radius 3 is 2.33 bits per heavy atom. The quantitative estimate of drug-likeness (QED) is 0.332. The fourth-order valence-electron chi connectivity index (χ4n) is 1.32. The lowest BCUT2D eigenvalue weighted by Gasteiger charge is -2.07. The number of benzene rings is 1. The summed E-state index contributed by atoms with van der Waals surface area (Å²) in [6, 6.07) is 5.38. The molecule has 24 heavy (non-hydrogen) atoms. The van der Waals surface area contributed by atoms with Crippen LogP contribution in [0.1, 0.15) is 5.56 Å². The number of guanidine groups is 1. The van der Waals surface area contributed by atoms with E-state index < -0.39 is 18.8 Å². The standard InChI is InChI=1S/C11H15ClFN3O.C2HF3O2/c12-9-7-8(3-5-16-11(14)15)1-2-10(9)17-6-4-13;3-2(4,5)1(6)7/h1-2,7H,3-6H2,(H4,14,15,16);(H,6,7). The molecule has 11 heteroatoms. The number of carbonyl (C=O) groups excluding carboxylic acids is 1. The van der Waals surface area contributed by atoms with Gasteiger partial charge >= 0.3 is 12.1 Å². The van der Waals surface area contributed by atoms with Crippen LogP contribution in [-0.4, -0.2) is 37.9 Å². The summed E-state index contributed by atoms with van der Waals surface area (Å²) in [5, 5.41) is 9.26. The van der Waals surface area contributed by atoms with Crippen LogP contribution in [0, 0.1) is 0 Å². The van der Waals surface area contributed by atoms with Gasteiger partial charge < -0.3 is 14.6 Å². The number of carboxylic acids is 1. The van der Waals surface area contributed by atoms with Gasteiger partial charge in [0.25, 0.3) is 0 Å². The Morgan fingerprint density at radius 2 is 1.92 bits per heavy atom. The van der Waals surface area contributed by atoms with Crippen molar-refractivity contribution < 1.29 is 37.2 Å². The van der Waals surface area contributed by atoms with Gasteiger partial charge in [-0.15, -0.1) is 0 Å². The Balaban J connectivity index is 0.000000640. The van der Waals surface area contributed by atoms with Crippen LogP contribution in [0.25, 0.3) is 0 Å². The van der Waals surface area contributed by atoms with Crippen molar-refractivity contribution in [3.63, 3.8) is 0 Å². The third-order valence-electron chi connectivity index (χ3n) is 2.31. The molecule has 0 aromatic heterocycles. The van der Waals surface area contributed by atoms with E-state index >= 15 is 0 Å². The van der Waals surface area contributed by atoms with E-state index in [9.17, 15) is 17.6 Å². The van der Waals surface area contributed by atoms with Crippen molar-refractivity contribution in [1.82, 2.24) is 0 Å². The predicted molar refractivity (Wildman–Crippen MR) is 76.9 cm³/mol. The fourth-order valence-corrected chi connectivity index (χ4v) is 1.57. The van der Waals surface area contributed by atoms with E-state index in [1.54, 1.807) is 12.1 Å². The summed E-state index contributed by atoms with van der Waals surface area (Å²) < 4.78 is 48.6. The second kappa shape index (κ2) is 10.5. The number of nitrogens with one attached hydrogen (secondary N) is 1. The number of carboxylic acid groups (broad SMARTS) is 1. The minimum absolute atomic E-state index is 0.0132. The molecule has 0 unspecified atom stereocenters. The Labute approximate surface area is 140 Å². The van der Waals surface area contributed by atoms with E-state index in [4.69, 9.17) is 37.7 Å². The van der Waals surface area contributed by atoms with E-state index in [0.29, 0.717) is 17.3 Å². The molecule has 136 valence electrons. The SMILES string of the molecule is NC(N)=[NH+]CCc1ccc(OCCF)c(Cl)c1.O=C([O-])C(F)(F)F. The number of carbonyl (C=O) groups is 1. The molecule has 1 aromatic carbocycles. The van der Waals surface area contributed by atoms with E-state index in [-0.39, 0.29) is 12.6 Å². The lowest BCUT2D eigenvalue weighted by Crippen LogP contribution is -2.78. The first kappa shape index (κ1) is 21.8. The smallest absolute Gasteiger partial charge is 0.430 e. The lowest BCUT2D eigenvalue weighted by atomic mass is 10.1. The molecule has 1 aromatic rings. The van der Waals surface area contributed by atoms with Gasteiger partial charge in [-0.25, -0.2) is 4.39 Å². The highest BCUT2D eigenvalue weighted by atomic mass is 35.5. The number of hydrogen-bond acceptors (Lipinski definition) is 3. The number of aliphatic carboxylic acids is 1. The largest absolute Gasteiger partial charge is 0.542 e. The first-order valence-corrected chi connectivity index (χ1v) is 6.82. The maximum Gasteiger partial charge on any atom is 0.430 e. The second-order valence-corrected chi connectivity index (χ2v) is 4.63. The average molecular weight is 374 g/mol. The van der Waals surface area contributed by atoms with Crippen molar-refractivity contribution in [2.75, 3.05) is 19.8 Å². The number of rotatable bonds is 6. The van der Waals surface area contributed by atoms with Crippen molar-refractivity contribution in [1.29, 1.82) is 0 Å². The zero-order valence-electron chi connectivity index (χ0n) is 12.3. The van der Waals surface area contributed by atoms with Crippen molar-refractivity contribution in [2.24, 2.45) is 11.5 Å². The highest BCUT2D eigenvalue weighted by Crippen LogP contribution is 2.25. The Morgan fingerprint density at radius 1 is 1.33 bits per heavy atom. The van der Waals surface area contributed by atoms with Gasteiger partial charge in [-0.3, -0.25) is 16.5 Å². The Hall–Kier alpha value is -2.23. The third kappa shape index (κ3) is 9.72. The summed E-state index contributed by atoms with van der Waals surface area (Å²) in [6.07, 6.45) is -4.46. The minimum Gasteiger partial charge on any atom is -0.542 e. The van der Waals surface area contributed by atoms with Gasteiger partial charge in [0.2, 0.25) is 0 Å². The topological polar surface area (TPSA) is 115 Å². The molecule has 6 nitrogen and oxygen atoms in total. The second-order valence-electron chi connectivity index (χ2n) is 4.22. The van der Waals surface area contributed by atoms with E-state index in [2.05, 4.69) is 4.99 Å². The summed E-state index contributed by atoms with van der Waals surface area (Å²) in [5.41, 5.74) is 11.6. The van der Waals surface area contributed by atoms with Crippen molar-refractivity contribution >= 4 is 23.5 Å². The zero-order valence-corrected chi connectivity index (χ0v) is 13.1. The number of alkyl halides is 4. The fraction of sp³-hybridized carbons (Fsp3) is 0.385. The Bertz CT molecular complexity index is 564. The molecule has 0 saturated carbocycles. The number of nitrogens with two attached hydrogens (primary N) is 2. The van der Waals surface area contributed by atoms with Gasteiger partial charge in [-0.2, -0.15) is 13.2 Å². The number of halogens is 5. The molecule has 5 N–H and O–H groups in total. The number of ether oxygens (including phenoxy) is 1. The van der Waals surface area contributed by atoms with Crippen molar-refractivity contribution in [3.8, 4) is 5.75 Å². The van der Waals surface area contributed by atoms with E-state index in [0.717, 1.165) is 12.0 Å². The van der Waals surface area contributed by atoms with Gasteiger partial charge in [0.1, 0.15) is 25.0 Å². The van der Waals surface area contributed by atoms with Crippen LogP contribution in [0.5, 0.6) is 5.75 Å². The maximum absolute atomic E-state index is 11.9. The van der Waals surface area contributed by atoms with Crippen LogP contribution in [0.3, 0.4) is 0 Å². The lowest BCUT2D eigenvalue weighted by molar-refractivity contribution is -0.458. The molecule has 1 rings (SSSR count).